The number of rotatable bonds is 4. The molecule has 3 N–H and O–H groups in total. The summed E-state index contributed by atoms with van der Waals surface area (Å²) in [6, 6.07) is 13.1. The molecule has 1 aromatic carbocycles. The summed E-state index contributed by atoms with van der Waals surface area (Å²) in [5, 5.41) is 9.08. The van der Waals surface area contributed by atoms with Gasteiger partial charge in [0.15, 0.2) is 10.8 Å². The number of fused-ring (bicyclic) bond motifs is 1. The Morgan fingerprint density at radius 2 is 2.14 bits per heavy atom. The summed E-state index contributed by atoms with van der Waals surface area (Å²) >= 11 is 1.56. The van der Waals surface area contributed by atoms with Crippen LogP contribution in [0.2, 0.25) is 0 Å². The first kappa shape index (κ1) is 13.6. The predicted molar refractivity (Wildman–Crippen MR) is 80.6 cm³/mol. The molecular formula is C14H13N5OS. The summed E-state index contributed by atoms with van der Waals surface area (Å²) in [7, 11) is 0. The zero-order valence-corrected chi connectivity index (χ0v) is 11.9. The van der Waals surface area contributed by atoms with E-state index in [1.54, 1.807) is 17.8 Å². The van der Waals surface area contributed by atoms with Crippen molar-refractivity contribution >= 4 is 23.3 Å². The van der Waals surface area contributed by atoms with Crippen LogP contribution in [0.4, 0.5) is 0 Å². The number of benzene rings is 1. The van der Waals surface area contributed by atoms with E-state index in [-0.39, 0.29) is 5.91 Å². The molecular weight excluding hydrogens is 286 g/mol. The van der Waals surface area contributed by atoms with Gasteiger partial charge < -0.3 is 0 Å². The molecule has 0 spiro atoms. The van der Waals surface area contributed by atoms with Crippen molar-refractivity contribution in [3.63, 3.8) is 0 Å². The molecule has 6 nitrogen and oxygen atoms in total. The van der Waals surface area contributed by atoms with Crippen molar-refractivity contribution in [3.05, 3.63) is 59.8 Å². The van der Waals surface area contributed by atoms with Crippen LogP contribution in [0.3, 0.4) is 0 Å². The van der Waals surface area contributed by atoms with Crippen molar-refractivity contribution in [1.82, 2.24) is 20.0 Å². The molecule has 0 fully saturated rings. The molecule has 21 heavy (non-hydrogen) atoms. The number of nitrogen functional groups attached to an aromatic ring is 1. The fourth-order valence-electron chi connectivity index (χ4n) is 1.95. The van der Waals surface area contributed by atoms with Gasteiger partial charge in [0, 0.05) is 17.5 Å². The Kier molecular flexibility index (Phi) is 3.85. The zero-order chi connectivity index (χ0) is 14.7. The Morgan fingerprint density at radius 1 is 1.24 bits per heavy atom. The average molecular weight is 299 g/mol. The van der Waals surface area contributed by atoms with Gasteiger partial charge in [-0.3, -0.25) is 14.6 Å². The second-order valence-corrected chi connectivity index (χ2v) is 5.32. The number of nitrogens with two attached hydrogens (primary N) is 1. The van der Waals surface area contributed by atoms with Crippen molar-refractivity contribution in [2.75, 3.05) is 0 Å². The Labute approximate surface area is 125 Å². The van der Waals surface area contributed by atoms with Crippen LogP contribution in [0.1, 0.15) is 15.9 Å². The Hall–Kier alpha value is -2.38. The van der Waals surface area contributed by atoms with Crippen LogP contribution < -0.4 is 11.3 Å². The van der Waals surface area contributed by atoms with Gasteiger partial charge in [0.2, 0.25) is 0 Å². The third-order valence-electron chi connectivity index (χ3n) is 2.97. The molecule has 2 heterocycles. The fraction of sp³-hybridized carbons (Fsp3) is 0.0714. The van der Waals surface area contributed by atoms with E-state index in [1.165, 1.54) is 0 Å². The van der Waals surface area contributed by atoms with Gasteiger partial charge in [-0.25, -0.2) is 5.84 Å². The normalized spacial score (nSPS) is 10.7. The molecule has 0 radical (unpaired) electrons. The Morgan fingerprint density at radius 3 is 3.00 bits per heavy atom. The third-order valence-corrected chi connectivity index (χ3v) is 3.98. The molecule has 106 valence electrons. The van der Waals surface area contributed by atoms with E-state index < -0.39 is 0 Å². The van der Waals surface area contributed by atoms with Crippen LogP contribution in [0, 0.1) is 0 Å². The SMILES string of the molecule is NNC(=O)c1cccc(CSc2nnc3ccccn23)c1. The summed E-state index contributed by atoms with van der Waals surface area (Å²) in [5.41, 5.74) is 4.51. The molecule has 2 aromatic heterocycles. The molecule has 0 aliphatic rings. The molecule has 0 aliphatic heterocycles. The van der Waals surface area contributed by atoms with Crippen molar-refractivity contribution < 1.29 is 4.79 Å². The number of aromatic nitrogens is 3. The van der Waals surface area contributed by atoms with Gasteiger partial charge in [-0.2, -0.15) is 0 Å². The third kappa shape index (κ3) is 2.88. The molecule has 0 unspecified atom stereocenters. The number of nitrogens with one attached hydrogen (secondary N) is 1. The van der Waals surface area contributed by atoms with Crippen LogP contribution >= 0.6 is 11.8 Å². The minimum atomic E-state index is -0.297. The molecule has 0 saturated carbocycles. The monoisotopic (exact) mass is 299 g/mol. The zero-order valence-electron chi connectivity index (χ0n) is 11.1. The summed E-state index contributed by atoms with van der Waals surface area (Å²) in [5.74, 6) is 5.54. The number of hydrogen-bond donors (Lipinski definition) is 2. The van der Waals surface area contributed by atoms with Crippen molar-refractivity contribution in [2.24, 2.45) is 5.84 Å². The summed E-state index contributed by atoms with van der Waals surface area (Å²) in [4.78, 5) is 11.5. The van der Waals surface area contributed by atoms with E-state index in [4.69, 9.17) is 5.84 Å². The smallest absolute Gasteiger partial charge is 0.265 e. The number of hydrogen-bond acceptors (Lipinski definition) is 5. The molecule has 1 amide bonds. The van der Waals surface area contributed by atoms with Crippen molar-refractivity contribution in [3.8, 4) is 0 Å². The van der Waals surface area contributed by atoms with E-state index in [2.05, 4.69) is 15.6 Å². The van der Waals surface area contributed by atoms with Gasteiger partial charge in [-0.05, 0) is 29.8 Å². The van der Waals surface area contributed by atoms with Gasteiger partial charge in [-0.1, -0.05) is 30.0 Å². The van der Waals surface area contributed by atoms with Crippen LogP contribution in [0.15, 0.2) is 53.8 Å². The lowest BCUT2D eigenvalue weighted by Crippen LogP contribution is -2.29. The number of carbonyl (C=O) groups excluding carboxylic acids is 1. The van der Waals surface area contributed by atoms with E-state index in [1.807, 2.05) is 47.0 Å². The van der Waals surface area contributed by atoms with Crippen molar-refractivity contribution in [2.45, 2.75) is 10.9 Å². The first-order valence-corrected chi connectivity index (χ1v) is 7.29. The first-order valence-electron chi connectivity index (χ1n) is 6.30. The van der Waals surface area contributed by atoms with Gasteiger partial charge in [0.25, 0.3) is 5.91 Å². The average Bonchev–Trinajstić information content (AvgIpc) is 2.95. The van der Waals surface area contributed by atoms with Gasteiger partial charge in [0.1, 0.15) is 0 Å². The fourth-order valence-corrected chi connectivity index (χ4v) is 2.82. The second-order valence-electron chi connectivity index (χ2n) is 4.37. The highest BCUT2D eigenvalue weighted by molar-refractivity contribution is 7.98. The van der Waals surface area contributed by atoms with Crippen LogP contribution in [-0.4, -0.2) is 20.5 Å². The maximum atomic E-state index is 11.5. The maximum absolute atomic E-state index is 11.5. The lowest BCUT2D eigenvalue weighted by molar-refractivity contribution is 0.0953. The summed E-state index contributed by atoms with van der Waals surface area (Å²) in [6.07, 6.45) is 1.93. The van der Waals surface area contributed by atoms with E-state index >= 15 is 0 Å². The van der Waals surface area contributed by atoms with Gasteiger partial charge in [0.05, 0.1) is 0 Å². The Balaban J connectivity index is 1.77. The number of pyridine rings is 1. The number of carbonyl (C=O) groups is 1. The van der Waals surface area contributed by atoms with Gasteiger partial charge in [-0.15, -0.1) is 10.2 Å². The highest BCUT2D eigenvalue weighted by Crippen LogP contribution is 2.22. The van der Waals surface area contributed by atoms with Crippen molar-refractivity contribution in [1.29, 1.82) is 0 Å². The quantitative estimate of drug-likeness (QED) is 0.331. The molecule has 0 saturated heterocycles. The highest BCUT2D eigenvalue weighted by atomic mass is 32.2. The molecule has 0 bridgehead atoms. The van der Waals surface area contributed by atoms with Crippen LogP contribution in [0.25, 0.3) is 5.65 Å². The number of nitrogens with zero attached hydrogens (tertiary/aromatic N) is 3. The molecule has 3 aromatic rings. The maximum Gasteiger partial charge on any atom is 0.265 e. The van der Waals surface area contributed by atoms with E-state index in [0.717, 1.165) is 16.4 Å². The molecule has 0 aliphatic carbocycles. The largest absolute Gasteiger partial charge is 0.290 e. The predicted octanol–water partition coefficient (Wildman–Crippen LogP) is 1.63. The van der Waals surface area contributed by atoms with Gasteiger partial charge >= 0.3 is 0 Å². The number of hydrazine groups is 1. The minimum absolute atomic E-state index is 0.297. The molecule has 3 rings (SSSR count). The Bertz CT molecular complexity index is 786. The minimum Gasteiger partial charge on any atom is -0.290 e. The topological polar surface area (TPSA) is 85.3 Å². The highest BCUT2D eigenvalue weighted by Gasteiger charge is 2.07. The molecule has 0 atom stereocenters. The lowest BCUT2D eigenvalue weighted by Gasteiger charge is -2.04. The number of thioether (sulfide) groups is 1. The van der Waals surface area contributed by atoms with E-state index in [0.29, 0.717) is 11.3 Å². The summed E-state index contributed by atoms with van der Waals surface area (Å²) in [6.45, 7) is 0. The van der Waals surface area contributed by atoms with Crippen LogP contribution in [0.5, 0.6) is 0 Å². The number of amides is 1. The van der Waals surface area contributed by atoms with Crippen LogP contribution in [-0.2, 0) is 5.75 Å². The van der Waals surface area contributed by atoms with E-state index in [9.17, 15) is 4.79 Å². The first-order chi connectivity index (χ1) is 10.3. The standard InChI is InChI=1S/C14H13N5OS/c15-16-13(20)11-5-3-4-10(8-11)9-21-14-18-17-12-6-1-2-7-19(12)14/h1-8H,9,15H2,(H,16,20). The second kappa shape index (κ2) is 5.94. The summed E-state index contributed by atoms with van der Waals surface area (Å²) < 4.78 is 1.93. The molecule has 7 heteroatoms. The lowest BCUT2D eigenvalue weighted by atomic mass is 10.1.